The summed E-state index contributed by atoms with van der Waals surface area (Å²) in [6.45, 7) is 0. The van der Waals surface area contributed by atoms with Crippen LogP contribution in [0.4, 0.5) is 0 Å². The molecule has 0 bridgehead atoms. The molecule has 1 fully saturated rings. The predicted octanol–water partition coefficient (Wildman–Crippen LogP) is 1.70. The minimum absolute atomic E-state index is 0.899. The van der Waals surface area contributed by atoms with Crippen molar-refractivity contribution in [2.24, 2.45) is 20.0 Å². The lowest BCUT2D eigenvalue weighted by Crippen LogP contribution is -1.99. The van der Waals surface area contributed by atoms with Gasteiger partial charge in [0, 0.05) is 32.4 Å². The van der Waals surface area contributed by atoms with Crippen molar-refractivity contribution in [3.8, 4) is 0 Å². The molecule has 2 heterocycles. The lowest BCUT2D eigenvalue weighted by molar-refractivity contribution is 0.692. The second-order valence-electron chi connectivity index (χ2n) is 5.10. The number of hydrogen-bond acceptors (Lipinski definition) is 2. The minimum Gasteiger partial charge on any atom is -0.276 e. The molecule has 90 valence electrons. The van der Waals surface area contributed by atoms with E-state index in [1.54, 1.807) is 0 Å². The smallest absolute Gasteiger partial charge is 0.0630 e. The lowest BCUT2D eigenvalue weighted by atomic mass is 10.1. The molecule has 0 atom stereocenters. The molecule has 0 saturated heterocycles. The number of hydrogen-bond donors (Lipinski definition) is 0. The van der Waals surface area contributed by atoms with Crippen LogP contribution in [-0.4, -0.2) is 19.6 Å². The average Bonchev–Trinajstić information content (AvgIpc) is 2.89. The van der Waals surface area contributed by atoms with Gasteiger partial charge in [0.25, 0.3) is 0 Å². The maximum Gasteiger partial charge on any atom is 0.0630 e. The SMILES string of the molecule is Cn1cc(Cc2cc(CC3CC3)nn2C)cn1. The summed E-state index contributed by atoms with van der Waals surface area (Å²) in [6, 6.07) is 2.24. The van der Waals surface area contributed by atoms with Crippen molar-refractivity contribution in [3.05, 3.63) is 35.4 Å². The van der Waals surface area contributed by atoms with E-state index < -0.39 is 0 Å². The van der Waals surface area contributed by atoms with Crippen LogP contribution in [0.3, 0.4) is 0 Å². The second kappa shape index (κ2) is 4.02. The highest BCUT2D eigenvalue weighted by molar-refractivity contribution is 5.19. The number of nitrogens with zero attached hydrogens (tertiary/aromatic N) is 4. The summed E-state index contributed by atoms with van der Waals surface area (Å²) < 4.78 is 3.85. The van der Waals surface area contributed by atoms with E-state index >= 15 is 0 Å². The van der Waals surface area contributed by atoms with Gasteiger partial charge in [0.05, 0.1) is 11.9 Å². The third-order valence-electron chi connectivity index (χ3n) is 3.37. The molecule has 0 N–H and O–H groups in total. The molecule has 4 nitrogen and oxygen atoms in total. The van der Waals surface area contributed by atoms with Gasteiger partial charge in [-0.2, -0.15) is 10.2 Å². The normalized spacial score (nSPS) is 15.4. The first-order valence-corrected chi connectivity index (χ1v) is 6.20. The average molecular weight is 230 g/mol. The molecule has 1 saturated carbocycles. The summed E-state index contributed by atoms with van der Waals surface area (Å²) in [7, 11) is 3.98. The van der Waals surface area contributed by atoms with Gasteiger partial charge in [0.2, 0.25) is 0 Å². The van der Waals surface area contributed by atoms with Gasteiger partial charge >= 0.3 is 0 Å². The predicted molar refractivity (Wildman–Crippen MR) is 65.7 cm³/mol. The summed E-state index contributed by atoms with van der Waals surface area (Å²) in [5.74, 6) is 0.899. The van der Waals surface area contributed by atoms with Gasteiger partial charge in [-0.3, -0.25) is 9.36 Å². The van der Waals surface area contributed by atoms with Crippen molar-refractivity contribution >= 4 is 0 Å². The fraction of sp³-hybridized carbons (Fsp3) is 0.538. The van der Waals surface area contributed by atoms with Crippen LogP contribution in [0.5, 0.6) is 0 Å². The van der Waals surface area contributed by atoms with Crippen LogP contribution in [0.15, 0.2) is 18.5 Å². The monoisotopic (exact) mass is 230 g/mol. The molecule has 17 heavy (non-hydrogen) atoms. The van der Waals surface area contributed by atoms with E-state index in [1.807, 2.05) is 29.7 Å². The van der Waals surface area contributed by atoms with E-state index in [1.165, 1.54) is 29.8 Å². The molecular formula is C13H18N4. The lowest BCUT2D eigenvalue weighted by Gasteiger charge is -1.97. The molecule has 0 unspecified atom stereocenters. The van der Waals surface area contributed by atoms with Crippen molar-refractivity contribution in [2.75, 3.05) is 0 Å². The Kier molecular flexibility index (Phi) is 2.50. The van der Waals surface area contributed by atoms with E-state index in [2.05, 4.69) is 22.5 Å². The Morgan fingerprint density at radius 3 is 2.82 bits per heavy atom. The van der Waals surface area contributed by atoms with E-state index in [-0.39, 0.29) is 0 Å². The summed E-state index contributed by atoms with van der Waals surface area (Å²) in [4.78, 5) is 0. The first-order valence-electron chi connectivity index (χ1n) is 6.20. The van der Waals surface area contributed by atoms with Gasteiger partial charge < -0.3 is 0 Å². The zero-order chi connectivity index (χ0) is 11.8. The molecule has 2 aromatic heterocycles. The van der Waals surface area contributed by atoms with Crippen LogP contribution in [0, 0.1) is 5.92 Å². The van der Waals surface area contributed by atoms with E-state index in [9.17, 15) is 0 Å². The van der Waals surface area contributed by atoms with E-state index in [0.717, 1.165) is 18.8 Å². The van der Waals surface area contributed by atoms with Gasteiger partial charge in [-0.25, -0.2) is 0 Å². The van der Waals surface area contributed by atoms with Crippen LogP contribution in [0.2, 0.25) is 0 Å². The van der Waals surface area contributed by atoms with Crippen LogP contribution in [-0.2, 0) is 26.9 Å². The number of rotatable bonds is 4. The van der Waals surface area contributed by atoms with Crippen LogP contribution in [0.25, 0.3) is 0 Å². The quantitative estimate of drug-likeness (QED) is 0.801. The fourth-order valence-corrected chi connectivity index (χ4v) is 2.23. The Balaban J connectivity index is 1.75. The maximum atomic E-state index is 4.58. The molecule has 2 aromatic rings. The van der Waals surface area contributed by atoms with Crippen LogP contribution < -0.4 is 0 Å². The standard InChI is InChI=1S/C13H18N4/c1-16-9-11(8-14-16)6-13-7-12(15-17(13)2)5-10-3-4-10/h7-10H,3-6H2,1-2H3. The summed E-state index contributed by atoms with van der Waals surface area (Å²) in [6.07, 6.45) is 8.83. The van der Waals surface area contributed by atoms with Crippen LogP contribution >= 0.6 is 0 Å². The van der Waals surface area contributed by atoms with E-state index in [0.29, 0.717) is 0 Å². The molecule has 0 aliphatic heterocycles. The van der Waals surface area contributed by atoms with Crippen molar-refractivity contribution < 1.29 is 0 Å². The summed E-state index contributed by atoms with van der Waals surface area (Å²) >= 11 is 0. The van der Waals surface area contributed by atoms with E-state index in [4.69, 9.17) is 0 Å². The Labute approximate surface area is 101 Å². The third-order valence-corrected chi connectivity index (χ3v) is 3.37. The van der Waals surface area contributed by atoms with Crippen molar-refractivity contribution in [2.45, 2.75) is 25.7 Å². The minimum atomic E-state index is 0.899. The number of aromatic nitrogens is 4. The summed E-state index contributed by atoms with van der Waals surface area (Å²) in [5.41, 5.74) is 3.76. The maximum absolute atomic E-state index is 4.58. The highest BCUT2D eigenvalue weighted by Gasteiger charge is 2.23. The Morgan fingerprint density at radius 1 is 1.35 bits per heavy atom. The molecular weight excluding hydrogens is 212 g/mol. The van der Waals surface area contributed by atoms with Crippen LogP contribution in [0.1, 0.15) is 29.8 Å². The van der Waals surface area contributed by atoms with Crippen molar-refractivity contribution in [3.63, 3.8) is 0 Å². The van der Waals surface area contributed by atoms with Crippen molar-refractivity contribution in [1.29, 1.82) is 0 Å². The van der Waals surface area contributed by atoms with Gasteiger partial charge in [0.15, 0.2) is 0 Å². The Morgan fingerprint density at radius 2 is 2.18 bits per heavy atom. The highest BCUT2D eigenvalue weighted by Crippen LogP contribution is 2.32. The largest absolute Gasteiger partial charge is 0.276 e. The highest BCUT2D eigenvalue weighted by atomic mass is 15.3. The molecule has 4 heteroatoms. The second-order valence-corrected chi connectivity index (χ2v) is 5.10. The Hall–Kier alpha value is -1.58. The zero-order valence-electron chi connectivity index (χ0n) is 10.4. The molecule has 0 amide bonds. The van der Waals surface area contributed by atoms with Gasteiger partial charge in [0.1, 0.15) is 0 Å². The fourth-order valence-electron chi connectivity index (χ4n) is 2.23. The topological polar surface area (TPSA) is 35.6 Å². The van der Waals surface area contributed by atoms with Gasteiger partial charge in [-0.1, -0.05) is 0 Å². The zero-order valence-corrected chi connectivity index (χ0v) is 10.4. The first kappa shape index (κ1) is 10.6. The molecule has 3 rings (SSSR count). The molecule has 1 aliphatic carbocycles. The first-order chi connectivity index (χ1) is 8.20. The molecule has 0 aromatic carbocycles. The summed E-state index contributed by atoms with van der Waals surface area (Å²) in [5, 5.41) is 8.78. The van der Waals surface area contributed by atoms with Crippen molar-refractivity contribution in [1.82, 2.24) is 19.6 Å². The molecule has 1 aliphatic rings. The molecule has 0 spiro atoms. The third kappa shape index (κ3) is 2.40. The van der Waals surface area contributed by atoms with Gasteiger partial charge in [-0.15, -0.1) is 0 Å². The van der Waals surface area contributed by atoms with Gasteiger partial charge in [-0.05, 0) is 36.8 Å². The Bertz CT molecular complexity index is 519. The number of aryl methyl sites for hydroxylation is 2. The molecule has 0 radical (unpaired) electrons.